The van der Waals surface area contributed by atoms with Gasteiger partial charge < -0.3 is 0 Å². The topological polar surface area (TPSA) is 37.6 Å². The molecule has 1 fully saturated rings. The average molecular weight is 340 g/mol. The molecule has 0 N–H and O–H groups in total. The third-order valence-electron chi connectivity index (χ3n) is 4.33. The molecular weight excluding hydrogens is 322 g/mol. The second kappa shape index (κ2) is 6.38. The molecule has 0 aliphatic heterocycles. The van der Waals surface area contributed by atoms with Gasteiger partial charge in [0, 0.05) is 31.4 Å². The van der Waals surface area contributed by atoms with E-state index in [1.807, 2.05) is 6.07 Å². The average Bonchev–Trinajstić information content (AvgIpc) is 3.41. The summed E-state index contributed by atoms with van der Waals surface area (Å²) in [5.41, 5.74) is 2.64. The van der Waals surface area contributed by atoms with Crippen molar-refractivity contribution >= 4 is 17.2 Å². The molecular formula is C19H18ClN3O. The monoisotopic (exact) mass is 339 g/mol. The van der Waals surface area contributed by atoms with E-state index in [1.165, 1.54) is 22.8 Å². The molecule has 4 nitrogen and oxygen atoms in total. The van der Waals surface area contributed by atoms with Gasteiger partial charge in [-0.15, -0.1) is 0 Å². The van der Waals surface area contributed by atoms with Crippen LogP contribution in [-0.4, -0.2) is 20.3 Å². The molecule has 0 spiro atoms. The van der Waals surface area contributed by atoms with Crippen molar-refractivity contribution in [3.8, 4) is 0 Å². The molecule has 2 heterocycles. The minimum Gasteiger partial charge on any atom is -0.290 e. The lowest BCUT2D eigenvalue weighted by Crippen LogP contribution is -2.27. The van der Waals surface area contributed by atoms with Gasteiger partial charge >= 0.3 is 0 Å². The van der Waals surface area contributed by atoms with Gasteiger partial charge in [0.15, 0.2) is 0 Å². The summed E-state index contributed by atoms with van der Waals surface area (Å²) in [6.07, 6.45) is 4.04. The number of hydrogen-bond donors (Lipinski definition) is 0. The SMILES string of the molecule is O=c1cc(CN(Cc2ccccc2)C2CC2)nc2ccc(Cl)cn12. The molecule has 122 valence electrons. The predicted molar refractivity (Wildman–Crippen MR) is 95.2 cm³/mol. The third kappa shape index (κ3) is 3.35. The van der Waals surface area contributed by atoms with Crippen LogP contribution in [0.2, 0.25) is 5.02 Å². The lowest BCUT2D eigenvalue weighted by atomic mass is 10.2. The van der Waals surface area contributed by atoms with Crippen molar-refractivity contribution in [3.05, 3.63) is 81.4 Å². The smallest absolute Gasteiger partial charge is 0.258 e. The van der Waals surface area contributed by atoms with Crippen LogP contribution >= 0.6 is 11.6 Å². The molecule has 0 saturated heterocycles. The Morgan fingerprint density at radius 2 is 1.92 bits per heavy atom. The Morgan fingerprint density at radius 3 is 2.67 bits per heavy atom. The van der Waals surface area contributed by atoms with Crippen LogP contribution in [0, 0.1) is 0 Å². The number of pyridine rings is 1. The first-order chi connectivity index (χ1) is 11.7. The van der Waals surface area contributed by atoms with Crippen LogP contribution in [0.15, 0.2) is 59.5 Å². The molecule has 3 aromatic rings. The van der Waals surface area contributed by atoms with Gasteiger partial charge in [0.2, 0.25) is 0 Å². The number of nitrogens with zero attached hydrogens (tertiary/aromatic N) is 3. The second-order valence-electron chi connectivity index (χ2n) is 6.28. The van der Waals surface area contributed by atoms with Gasteiger partial charge in [-0.25, -0.2) is 4.98 Å². The lowest BCUT2D eigenvalue weighted by Gasteiger charge is -2.21. The fraction of sp³-hybridized carbons (Fsp3) is 0.263. The Kier molecular flexibility index (Phi) is 4.08. The maximum atomic E-state index is 12.3. The van der Waals surface area contributed by atoms with Crippen molar-refractivity contribution in [1.82, 2.24) is 14.3 Å². The van der Waals surface area contributed by atoms with Gasteiger partial charge in [-0.2, -0.15) is 0 Å². The Hall–Kier alpha value is -2.17. The van der Waals surface area contributed by atoms with Crippen molar-refractivity contribution in [2.75, 3.05) is 0 Å². The molecule has 0 bridgehead atoms. The van der Waals surface area contributed by atoms with E-state index >= 15 is 0 Å². The summed E-state index contributed by atoms with van der Waals surface area (Å²) < 4.78 is 1.49. The number of aromatic nitrogens is 2. The highest BCUT2D eigenvalue weighted by Crippen LogP contribution is 2.29. The quantitative estimate of drug-likeness (QED) is 0.714. The van der Waals surface area contributed by atoms with E-state index in [-0.39, 0.29) is 5.56 Å². The van der Waals surface area contributed by atoms with Gasteiger partial charge in [-0.1, -0.05) is 41.9 Å². The molecule has 1 aromatic carbocycles. The summed E-state index contributed by atoms with van der Waals surface area (Å²) in [6.45, 7) is 1.57. The zero-order valence-electron chi connectivity index (χ0n) is 13.2. The highest BCUT2D eigenvalue weighted by Gasteiger charge is 2.29. The van der Waals surface area contributed by atoms with Gasteiger partial charge in [0.25, 0.3) is 5.56 Å². The number of rotatable bonds is 5. The molecule has 0 radical (unpaired) electrons. The van der Waals surface area contributed by atoms with Crippen molar-refractivity contribution in [3.63, 3.8) is 0 Å². The van der Waals surface area contributed by atoms with Crippen molar-refractivity contribution in [2.24, 2.45) is 0 Å². The van der Waals surface area contributed by atoms with E-state index in [9.17, 15) is 4.79 Å². The summed E-state index contributed by atoms with van der Waals surface area (Å²) in [4.78, 5) is 19.4. The summed E-state index contributed by atoms with van der Waals surface area (Å²) in [5.74, 6) is 0. The first-order valence-corrected chi connectivity index (χ1v) is 8.53. The Morgan fingerprint density at radius 1 is 1.12 bits per heavy atom. The van der Waals surface area contributed by atoms with E-state index in [4.69, 9.17) is 11.6 Å². The fourth-order valence-electron chi connectivity index (χ4n) is 2.99. The number of hydrogen-bond acceptors (Lipinski definition) is 3. The van der Waals surface area contributed by atoms with Crippen molar-refractivity contribution in [2.45, 2.75) is 32.0 Å². The zero-order chi connectivity index (χ0) is 16.5. The summed E-state index contributed by atoms with van der Waals surface area (Å²) >= 11 is 5.96. The summed E-state index contributed by atoms with van der Waals surface area (Å²) in [6, 6.07) is 16.2. The second-order valence-corrected chi connectivity index (χ2v) is 6.72. The summed E-state index contributed by atoms with van der Waals surface area (Å²) in [7, 11) is 0. The molecule has 2 aromatic heterocycles. The highest BCUT2D eigenvalue weighted by molar-refractivity contribution is 6.30. The molecule has 0 unspecified atom stereocenters. The zero-order valence-corrected chi connectivity index (χ0v) is 14.0. The van der Waals surface area contributed by atoms with Crippen LogP contribution in [0.5, 0.6) is 0 Å². The lowest BCUT2D eigenvalue weighted by molar-refractivity contribution is 0.243. The largest absolute Gasteiger partial charge is 0.290 e. The maximum Gasteiger partial charge on any atom is 0.258 e. The van der Waals surface area contributed by atoms with Gasteiger partial charge in [-0.3, -0.25) is 14.1 Å². The van der Waals surface area contributed by atoms with Crippen LogP contribution in [0.3, 0.4) is 0 Å². The molecule has 1 aliphatic rings. The van der Waals surface area contributed by atoms with E-state index < -0.39 is 0 Å². The first-order valence-electron chi connectivity index (χ1n) is 8.15. The highest BCUT2D eigenvalue weighted by atomic mass is 35.5. The molecule has 1 aliphatic carbocycles. The molecule has 0 atom stereocenters. The van der Waals surface area contributed by atoms with Gasteiger partial charge in [0.1, 0.15) is 5.65 Å². The van der Waals surface area contributed by atoms with Gasteiger partial charge in [0.05, 0.1) is 10.7 Å². The molecule has 24 heavy (non-hydrogen) atoms. The minimum atomic E-state index is -0.0899. The van der Waals surface area contributed by atoms with Crippen LogP contribution < -0.4 is 5.56 Å². The van der Waals surface area contributed by atoms with Gasteiger partial charge in [-0.05, 0) is 30.5 Å². The number of fused-ring (bicyclic) bond motifs is 1. The summed E-state index contributed by atoms with van der Waals surface area (Å²) in [5, 5.41) is 0.530. The third-order valence-corrected chi connectivity index (χ3v) is 4.56. The standard InChI is InChI=1S/C19H18ClN3O/c20-15-6-9-18-21-16(10-19(24)23(18)12-15)13-22(17-7-8-17)11-14-4-2-1-3-5-14/h1-6,9-10,12,17H,7-8,11,13H2. The van der Waals surface area contributed by atoms with Crippen molar-refractivity contribution < 1.29 is 0 Å². The molecule has 0 amide bonds. The number of halogens is 1. The van der Waals surface area contributed by atoms with Crippen LogP contribution in [0.1, 0.15) is 24.1 Å². The Labute approximate surface area is 145 Å². The molecule has 4 rings (SSSR count). The van der Waals surface area contributed by atoms with E-state index in [1.54, 1.807) is 24.4 Å². The normalized spacial score (nSPS) is 14.4. The fourth-order valence-corrected chi connectivity index (χ4v) is 3.15. The maximum absolute atomic E-state index is 12.3. The minimum absolute atomic E-state index is 0.0899. The predicted octanol–water partition coefficient (Wildman–Crippen LogP) is 3.51. The molecule has 1 saturated carbocycles. The van der Waals surface area contributed by atoms with Crippen LogP contribution in [0.4, 0.5) is 0 Å². The number of benzene rings is 1. The Bertz CT molecular complexity index is 919. The van der Waals surface area contributed by atoms with Crippen LogP contribution in [0.25, 0.3) is 5.65 Å². The molecule has 5 heteroatoms. The Balaban J connectivity index is 1.61. The van der Waals surface area contributed by atoms with Crippen LogP contribution in [-0.2, 0) is 13.1 Å². The van der Waals surface area contributed by atoms with E-state index in [0.717, 1.165) is 12.2 Å². The van der Waals surface area contributed by atoms with E-state index in [0.29, 0.717) is 23.3 Å². The van der Waals surface area contributed by atoms with E-state index in [2.05, 4.69) is 34.1 Å². The van der Waals surface area contributed by atoms with Crippen molar-refractivity contribution in [1.29, 1.82) is 0 Å². The first kappa shape index (κ1) is 15.4.